The molecular weight excluding hydrogens is 526 g/mol. The number of carbonyl (C=O) groups excluding carboxylic acids is 2. The van der Waals surface area contributed by atoms with Crippen LogP contribution in [0.4, 0.5) is 8.78 Å². The highest BCUT2D eigenvalue weighted by Gasteiger charge is 2.24. The van der Waals surface area contributed by atoms with Gasteiger partial charge >= 0.3 is 5.97 Å². The lowest BCUT2D eigenvalue weighted by Crippen LogP contribution is -2.36. The van der Waals surface area contributed by atoms with Crippen molar-refractivity contribution in [2.24, 2.45) is 0 Å². The highest BCUT2D eigenvalue weighted by molar-refractivity contribution is 6.06. The van der Waals surface area contributed by atoms with Crippen LogP contribution in [0, 0.1) is 11.6 Å². The third-order valence-electron chi connectivity index (χ3n) is 6.81. The number of benzene rings is 4. The van der Waals surface area contributed by atoms with Crippen LogP contribution in [0.5, 0.6) is 0 Å². The van der Waals surface area contributed by atoms with Gasteiger partial charge in [-0.1, -0.05) is 73.7 Å². The van der Waals surface area contributed by atoms with Crippen LogP contribution in [0.25, 0.3) is 11.1 Å². The molecule has 0 fully saturated rings. The van der Waals surface area contributed by atoms with Gasteiger partial charge in [-0.2, -0.15) is 0 Å². The molecule has 6 nitrogen and oxygen atoms in total. The maximum Gasteiger partial charge on any atom is 0.305 e. The SMILES string of the molecule is CC(CN(CCC(=O)O)C(=O)c1ccccc1-c1ccccc1C(=O)NCc1cc(F)ccc1F)c1ccccc1. The number of nitrogens with zero attached hydrogens (tertiary/aromatic N) is 1. The molecule has 1 atom stereocenters. The standard InChI is InChI=1S/C33H30F2N2O4/c1-22(23-9-3-2-4-10-23)21-37(18-17-31(38)39)33(41)29-14-8-6-12-27(29)26-11-5-7-13-28(26)32(40)36-20-24-19-25(34)15-16-30(24)35/h2-16,19,22H,17-18,20-21H2,1H3,(H,36,40)(H,38,39). The predicted octanol–water partition coefficient (Wildman–Crippen LogP) is 6.28. The number of amides is 2. The van der Waals surface area contributed by atoms with E-state index in [4.69, 9.17) is 0 Å². The Hall–Kier alpha value is -4.85. The molecule has 0 saturated heterocycles. The molecule has 0 aliphatic heterocycles. The van der Waals surface area contributed by atoms with Crippen LogP contribution in [0.1, 0.15) is 51.1 Å². The molecule has 0 radical (unpaired) electrons. The van der Waals surface area contributed by atoms with E-state index < -0.39 is 23.5 Å². The van der Waals surface area contributed by atoms with Gasteiger partial charge in [-0.25, -0.2) is 8.78 Å². The van der Waals surface area contributed by atoms with E-state index in [0.29, 0.717) is 23.2 Å². The van der Waals surface area contributed by atoms with Gasteiger partial charge in [0.2, 0.25) is 0 Å². The molecule has 0 aliphatic rings. The van der Waals surface area contributed by atoms with Gasteiger partial charge in [-0.15, -0.1) is 0 Å². The Morgan fingerprint density at radius 2 is 1.44 bits per heavy atom. The van der Waals surface area contributed by atoms with Crippen molar-refractivity contribution in [2.45, 2.75) is 25.8 Å². The van der Waals surface area contributed by atoms with Crippen LogP contribution in [0.2, 0.25) is 0 Å². The van der Waals surface area contributed by atoms with Crippen LogP contribution in [-0.4, -0.2) is 40.9 Å². The Kier molecular flexibility index (Phi) is 9.58. The lowest BCUT2D eigenvalue weighted by molar-refractivity contribution is -0.137. The number of carbonyl (C=O) groups is 3. The fourth-order valence-corrected chi connectivity index (χ4v) is 4.66. The van der Waals surface area contributed by atoms with Crippen molar-refractivity contribution >= 4 is 17.8 Å². The van der Waals surface area contributed by atoms with Crippen molar-refractivity contribution < 1.29 is 28.3 Å². The summed E-state index contributed by atoms with van der Waals surface area (Å²) < 4.78 is 27.7. The number of rotatable bonds is 11. The first-order valence-corrected chi connectivity index (χ1v) is 13.2. The van der Waals surface area contributed by atoms with Gasteiger partial charge in [-0.05, 0) is 52.9 Å². The third kappa shape index (κ3) is 7.42. The molecule has 8 heteroatoms. The first-order valence-electron chi connectivity index (χ1n) is 13.2. The topological polar surface area (TPSA) is 86.7 Å². The summed E-state index contributed by atoms with van der Waals surface area (Å²) in [5, 5.41) is 12.0. The maximum absolute atomic E-state index is 14.1. The Morgan fingerprint density at radius 3 is 2.12 bits per heavy atom. The second-order valence-corrected chi connectivity index (χ2v) is 9.72. The van der Waals surface area contributed by atoms with E-state index in [0.717, 1.165) is 23.8 Å². The smallest absolute Gasteiger partial charge is 0.305 e. The van der Waals surface area contributed by atoms with Crippen molar-refractivity contribution in [3.05, 3.63) is 131 Å². The quantitative estimate of drug-likeness (QED) is 0.228. The van der Waals surface area contributed by atoms with E-state index >= 15 is 0 Å². The first-order chi connectivity index (χ1) is 19.7. The highest BCUT2D eigenvalue weighted by Crippen LogP contribution is 2.29. The molecule has 0 spiro atoms. The fourth-order valence-electron chi connectivity index (χ4n) is 4.66. The average molecular weight is 557 g/mol. The summed E-state index contributed by atoms with van der Waals surface area (Å²) in [5.74, 6) is -3.20. The molecule has 4 aromatic carbocycles. The lowest BCUT2D eigenvalue weighted by Gasteiger charge is -2.27. The van der Waals surface area contributed by atoms with Gasteiger partial charge in [0.05, 0.1) is 6.42 Å². The molecule has 210 valence electrons. The van der Waals surface area contributed by atoms with E-state index in [9.17, 15) is 28.3 Å². The van der Waals surface area contributed by atoms with Crippen LogP contribution in [0.3, 0.4) is 0 Å². The average Bonchev–Trinajstić information content (AvgIpc) is 2.99. The normalized spacial score (nSPS) is 11.5. The molecule has 1 unspecified atom stereocenters. The molecule has 0 aromatic heterocycles. The molecule has 2 N–H and O–H groups in total. The summed E-state index contributed by atoms with van der Waals surface area (Å²) in [7, 11) is 0. The van der Waals surface area contributed by atoms with Crippen LogP contribution in [-0.2, 0) is 11.3 Å². The molecule has 4 aromatic rings. The molecule has 0 aliphatic carbocycles. The molecule has 0 bridgehead atoms. The molecular formula is C33H30F2N2O4. The summed E-state index contributed by atoms with van der Waals surface area (Å²) >= 11 is 0. The zero-order valence-corrected chi connectivity index (χ0v) is 22.5. The molecule has 0 saturated carbocycles. The van der Waals surface area contributed by atoms with E-state index in [2.05, 4.69) is 5.32 Å². The van der Waals surface area contributed by atoms with Crippen LogP contribution in [0.15, 0.2) is 97.1 Å². The number of hydrogen-bond acceptors (Lipinski definition) is 3. The molecule has 41 heavy (non-hydrogen) atoms. The van der Waals surface area contributed by atoms with Gasteiger partial charge < -0.3 is 15.3 Å². The zero-order chi connectivity index (χ0) is 29.4. The van der Waals surface area contributed by atoms with E-state index in [1.165, 1.54) is 4.90 Å². The number of carboxylic acids is 1. The van der Waals surface area contributed by atoms with Gasteiger partial charge in [0.1, 0.15) is 11.6 Å². The second-order valence-electron chi connectivity index (χ2n) is 9.72. The Morgan fingerprint density at radius 1 is 0.829 bits per heavy atom. The van der Waals surface area contributed by atoms with Crippen LogP contribution >= 0.6 is 0 Å². The number of hydrogen-bond donors (Lipinski definition) is 2. The summed E-state index contributed by atoms with van der Waals surface area (Å²) in [6.45, 7) is 2.06. The molecule has 2 amide bonds. The van der Waals surface area contributed by atoms with Gasteiger partial charge in [0, 0.05) is 36.3 Å². The van der Waals surface area contributed by atoms with Crippen molar-refractivity contribution in [2.75, 3.05) is 13.1 Å². The summed E-state index contributed by atoms with van der Waals surface area (Å²) in [5.41, 5.74) is 2.56. The number of nitrogens with one attached hydrogen (secondary N) is 1. The van der Waals surface area contributed by atoms with Gasteiger partial charge in [0.25, 0.3) is 11.8 Å². The van der Waals surface area contributed by atoms with E-state index in [-0.39, 0.29) is 42.5 Å². The zero-order valence-electron chi connectivity index (χ0n) is 22.5. The fraction of sp³-hybridized carbons (Fsp3) is 0.182. The van der Waals surface area contributed by atoms with E-state index in [1.54, 1.807) is 48.5 Å². The Balaban J connectivity index is 1.63. The van der Waals surface area contributed by atoms with Crippen molar-refractivity contribution in [3.63, 3.8) is 0 Å². The minimum absolute atomic E-state index is 0.00742. The molecule has 0 heterocycles. The first kappa shape index (κ1) is 29.1. The maximum atomic E-state index is 14.1. The van der Waals surface area contributed by atoms with Crippen molar-refractivity contribution in [3.8, 4) is 11.1 Å². The van der Waals surface area contributed by atoms with Crippen LogP contribution < -0.4 is 5.32 Å². The Labute approximate surface area is 237 Å². The monoisotopic (exact) mass is 556 g/mol. The third-order valence-corrected chi connectivity index (χ3v) is 6.81. The minimum Gasteiger partial charge on any atom is -0.481 e. The Bertz CT molecular complexity index is 1540. The predicted molar refractivity (Wildman–Crippen MR) is 152 cm³/mol. The lowest BCUT2D eigenvalue weighted by atomic mass is 9.93. The minimum atomic E-state index is -1.01. The largest absolute Gasteiger partial charge is 0.481 e. The number of aliphatic carboxylic acids is 1. The number of halogens is 2. The van der Waals surface area contributed by atoms with E-state index in [1.807, 2.05) is 37.3 Å². The van der Waals surface area contributed by atoms with Gasteiger partial charge in [-0.3, -0.25) is 14.4 Å². The number of carboxylic acid groups (broad SMARTS) is 1. The summed E-state index contributed by atoms with van der Waals surface area (Å²) in [6.07, 6.45) is -0.217. The van der Waals surface area contributed by atoms with Gasteiger partial charge in [0.15, 0.2) is 0 Å². The summed E-state index contributed by atoms with van der Waals surface area (Å²) in [4.78, 5) is 40.1. The summed E-state index contributed by atoms with van der Waals surface area (Å²) in [6, 6.07) is 26.2. The second kappa shape index (κ2) is 13.5. The highest BCUT2D eigenvalue weighted by atomic mass is 19.1. The van der Waals surface area contributed by atoms with Crippen molar-refractivity contribution in [1.82, 2.24) is 10.2 Å². The molecule has 4 rings (SSSR count). The van der Waals surface area contributed by atoms with Crippen molar-refractivity contribution in [1.29, 1.82) is 0 Å².